The number of rotatable bonds is 1. The molecule has 0 N–H and O–H groups in total. The summed E-state index contributed by atoms with van der Waals surface area (Å²) >= 11 is 5.70. The Morgan fingerprint density at radius 1 is 1.37 bits per heavy atom. The molecule has 4 nitrogen and oxygen atoms in total. The van der Waals surface area contributed by atoms with Gasteiger partial charge in [-0.1, -0.05) is 25.2 Å². The van der Waals surface area contributed by atoms with Gasteiger partial charge in [0.1, 0.15) is 0 Å². The highest BCUT2D eigenvalue weighted by molar-refractivity contribution is 7.81. The minimum absolute atomic E-state index is 0.0312. The second-order valence-corrected chi connectivity index (χ2v) is 7.78. The van der Waals surface area contributed by atoms with E-state index in [1.54, 1.807) is 4.90 Å². The normalized spacial score (nSPS) is 25.8. The highest BCUT2D eigenvalue weighted by Gasteiger charge is 2.37. The van der Waals surface area contributed by atoms with Gasteiger partial charge in [0.2, 0.25) is 5.91 Å². The molecule has 1 aliphatic heterocycles. The fraction of sp³-hybridized carbons (Fsp3) is 0.615. The molecule has 0 aromatic carbocycles. The molecule has 1 saturated heterocycles. The quantitative estimate of drug-likeness (QED) is 0.809. The van der Waals surface area contributed by atoms with Crippen LogP contribution in [-0.2, 0) is 11.2 Å². The second-order valence-electron chi connectivity index (χ2n) is 6.08. The monoisotopic (exact) mass is 296 g/mol. The van der Waals surface area contributed by atoms with Gasteiger partial charge in [-0.3, -0.25) is 14.5 Å². The molecular formula is C13H16N2O2S2. The van der Waals surface area contributed by atoms with Crippen LogP contribution in [0.4, 0.5) is 5.13 Å². The molecule has 2 aliphatic rings. The maximum Gasteiger partial charge on any atom is 0.229 e. The van der Waals surface area contributed by atoms with Gasteiger partial charge in [0, 0.05) is 24.6 Å². The average molecular weight is 296 g/mol. The van der Waals surface area contributed by atoms with E-state index in [0.717, 1.165) is 17.0 Å². The molecule has 1 atom stereocenters. The fourth-order valence-electron chi connectivity index (χ4n) is 2.70. The topological polar surface area (TPSA) is 50.3 Å². The van der Waals surface area contributed by atoms with E-state index >= 15 is 0 Å². The van der Waals surface area contributed by atoms with Crippen LogP contribution in [0.15, 0.2) is 0 Å². The lowest BCUT2D eigenvalue weighted by atomic mass is 9.78. The van der Waals surface area contributed by atoms with Crippen molar-refractivity contribution in [3.8, 4) is 0 Å². The van der Waals surface area contributed by atoms with Crippen molar-refractivity contribution < 1.29 is 9.59 Å². The minimum Gasteiger partial charge on any atom is -0.293 e. The van der Waals surface area contributed by atoms with Crippen LogP contribution in [0.5, 0.6) is 0 Å². The van der Waals surface area contributed by atoms with Crippen LogP contribution in [0.25, 0.3) is 0 Å². The summed E-state index contributed by atoms with van der Waals surface area (Å²) in [6.07, 6.45) is 1.81. The van der Waals surface area contributed by atoms with Crippen molar-refractivity contribution in [2.24, 2.45) is 5.41 Å². The van der Waals surface area contributed by atoms with Gasteiger partial charge in [0.05, 0.1) is 10.6 Å². The third-order valence-corrected chi connectivity index (χ3v) is 5.07. The Kier molecular flexibility index (Phi) is 2.98. The molecule has 102 valence electrons. The third kappa shape index (κ3) is 2.31. The van der Waals surface area contributed by atoms with E-state index in [2.05, 4.69) is 31.5 Å². The van der Waals surface area contributed by atoms with Crippen molar-refractivity contribution in [3.05, 3.63) is 10.6 Å². The number of anilines is 1. The summed E-state index contributed by atoms with van der Waals surface area (Å²) in [7, 11) is 0. The highest BCUT2D eigenvalue weighted by atomic mass is 32.1. The Balaban J connectivity index is 1.95. The number of hydrogen-bond acceptors (Lipinski definition) is 5. The summed E-state index contributed by atoms with van der Waals surface area (Å²) in [6, 6.07) is 0. The van der Waals surface area contributed by atoms with Gasteiger partial charge in [0.25, 0.3) is 0 Å². The number of fused-ring (bicyclic) bond motifs is 1. The number of nitrogens with zero attached hydrogens (tertiary/aromatic N) is 2. The van der Waals surface area contributed by atoms with E-state index < -0.39 is 0 Å². The van der Waals surface area contributed by atoms with Crippen LogP contribution in [0.2, 0.25) is 0 Å². The molecule has 19 heavy (non-hydrogen) atoms. The number of hydrogen-bond donors (Lipinski definition) is 1. The van der Waals surface area contributed by atoms with Crippen LogP contribution in [0.3, 0.4) is 0 Å². The molecule has 3 rings (SSSR count). The first-order valence-electron chi connectivity index (χ1n) is 6.37. The molecule has 2 heterocycles. The Morgan fingerprint density at radius 3 is 2.74 bits per heavy atom. The molecule has 1 fully saturated rings. The van der Waals surface area contributed by atoms with Crippen molar-refractivity contribution in [3.63, 3.8) is 0 Å². The van der Waals surface area contributed by atoms with Gasteiger partial charge in [-0.15, -0.1) is 0 Å². The molecule has 1 aromatic heterocycles. The molecule has 0 spiro atoms. The summed E-state index contributed by atoms with van der Waals surface area (Å²) in [5, 5.41) is 0.734. The van der Waals surface area contributed by atoms with E-state index in [-0.39, 0.29) is 22.4 Å². The Hall–Kier alpha value is -0.880. The number of thiazole rings is 1. The van der Waals surface area contributed by atoms with Crippen molar-refractivity contribution in [1.29, 1.82) is 0 Å². The van der Waals surface area contributed by atoms with E-state index in [1.807, 2.05) is 0 Å². The first-order valence-corrected chi connectivity index (χ1v) is 7.70. The van der Waals surface area contributed by atoms with Gasteiger partial charge < -0.3 is 0 Å². The summed E-state index contributed by atoms with van der Waals surface area (Å²) < 4.78 is 0. The lowest BCUT2D eigenvalue weighted by Crippen LogP contribution is -2.26. The molecule has 1 aliphatic carbocycles. The SMILES string of the molecule is CC1(C)CC(=O)c2sc(N3CC(S)CC3=O)nc2C1. The smallest absolute Gasteiger partial charge is 0.229 e. The number of thiol groups is 1. The Bertz CT molecular complexity index is 565. The largest absolute Gasteiger partial charge is 0.293 e. The zero-order chi connectivity index (χ0) is 13.8. The third-order valence-electron chi connectivity index (χ3n) is 3.56. The lowest BCUT2D eigenvalue weighted by Gasteiger charge is -2.26. The number of ketones is 1. The number of carbonyl (C=O) groups is 2. The van der Waals surface area contributed by atoms with Crippen LogP contribution >= 0.6 is 24.0 Å². The van der Waals surface area contributed by atoms with Gasteiger partial charge in [-0.2, -0.15) is 12.6 Å². The number of aromatic nitrogens is 1. The average Bonchev–Trinajstić information content (AvgIpc) is 2.80. The first-order chi connectivity index (χ1) is 8.85. The summed E-state index contributed by atoms with van der Waals surface area (Å²) in [5.74, 6) is 0.210. The van der Waals surface area contributed by atoms with Gasteiger partial charge in [0.15, 0.2) is 10.9 Å². The Labute approximate surface area is 121 Å². The minimum atomic E-state index is -0.0312. The lowest BCUT2D eigenvalue weighted by molar-refractivity contribution is -0.117. The number of carbonyl (C=O) groups excluding carboxylic acids is 2. The second kappa shape index (κ2) is 4.31. The molecule has 6 heteroatoms. The van der Waals surface area contributed by atoms with E-state index in [4.69, 9.17) is 0 Å². The molecular weight excluding hydrogens is 280 g/mol. The zero-order valence-electron chi connectivity index (χ0n) is 11.0. The zero-order valence-corrected chi connectivity index (χ0v) is 12.7. The van der Waals surface area contributed by atoms with Gasteiger partial charge in [-0.05, 0) is 11.8 Å². The van der Waals surface area contributed by atoms with Crippen LogP contribution in [-0.4, -0.2) is 28.5 Å². The van der Waals surface area contributed by atoms with Crippen molar-refractivity contribution in [2.75, 3.05) is 11.4 Å². The maximum absolute atomic E-state index is 12.1. The molecule has 1 unspecified atom stereocenters. The number of amides is 1. The van der Waals surface area contributed by atoms with Crippen molar-refractivity contribution in [2.45, 2.75) is 38.4 Å². The Morgan fingerprint density at radius 2 is 2.11 bits per heavy atom. The predicted octanol–water partition coefficient (Wildman–Crippen LogP) is 2.33. The fourth-order valence-corrected chi connectivity index (χ4v) is 4.06. The highest BCUT2D eigenvalue weighted by Crippen LogP contribution is 2.40. The first kappa shape index (κ1) is 13.1. The number of Topliss-reactive ketones (excluding diaryl/α,β-unsaturated/α-hetero) is 1. The molecule has 1 aromatic rings. The molecule has 1 amide bonds. The summed E-state index contributed by atoms with van der Waals surface area (Å²) in [4.78, 5) is 30.9. The standard InChI is InChI=1S/C13H16N2O2S2/c1-13(2)4-8-11(9(16)5-13)19-12(14-8)15-6-7(18)3-10(15)17/h7,18H,3-6H2,1-2H3. The maximum atomic E-state index is 12.1. The van der Waals surface area contributed by atoms with Gasteiger partial charge >= 0.3 is 0 Å². The summed E-state index contributed by atoms with van der Waals surface area (Å²) in [5.41, 5.74) is 0.827. The predicted molar refractivity (Wildman–Crippen MR) is 78.3 cm³/mol. The van der Waals surface area contributed by atoms with Gasteiger partial charge in [-0.25, -0.2) is 4.98 Å². The van der Waals surface area contributed by atoms with Crippen LogP contribution < -0.4 is 4.90 Å². The van der Waals surface area contributed by atoms with Crippen molar-refractivity contribution in [1.82, 2.24) is 4.98 Å². The van der Waals surface area contributed by atoms with Crippen LogP contribution in [0, 0.1) is 5.41 Å². The van der Waals surface area contributed by atoms with E-state index in [9.17, 15) is 9.59 Å². The molecule has 0 bridgehead atoms. The van der Waals surface area contributed by atoms with Crippen LogP contribution in [0.1, 0.15) is 42.1 Å². The van der Waals surface area contributed by atoms with E-state index in [0.29, 0.717) is 24.5 Å². The van der Waals surface area contributed by atoms with Crippen molar-refractivity contribution >= 4 is 40.8 Å². The molecule has 0 radical (unpaired) electrons. The van der Waals surface area contributed by atoms with E-state index in [1.165, 1.54) is 11.3 Å². The summed E-state index contributed by atoms with van der Waals surface area (Å²) in [6.45, 7) is 4.75. The molecule has 0 saturated carbocycles.